The van der Waals surface area contributed by atoms with Crippen LogP contribution in [0.15, 0.2) is 12.3 Å². The molecule has 0 saturated heterocycles. The molecule has 0 radical (unpaired) electrons. The second-order valence-electron chi connectivity index (χ2n) is 4.33. The Bertz CT molecular complexity index is 296. The minimum Gasteiger partial charge on any atom is -0.383 e. The lowest BCUT2D eigenvalue weighted by Gasteiger charge is -2.21. The van der Waals surface area contributed by atoms with Crippen molar-refractivity contribution in [2.24, 2.45) is 5.92 Å². The molecule has 16 heavy (non-hydrogen) atoms. The molecule has 4 nitrogen and oxygen atoms in total. The van der Waals surface area contributed by atoms with E-state index in [1.807, 2.05) is 10.9 Å². The zero-order valence-corrected chi connectivity index (χ0v) is 10.7. The molecule has 1 aromatic rings. The zero-order chi connectivity index (χ0) is 12.0. The van der Waals surface area contributed by atoms with Crippen LogP contribution in [0.1, 0.15) is 26.5 Å². The van der Waals surface area contributed by atoms with Gasteiger partial charge in [0.25, 0.3) is 0 Å². The number of rotatable bonds is 7. The molecule has 1 rings (SSSR count). The highest BCUT2D eigenvalue weighted by atomic mass is 16.5. The molecule has 1 unspecified atom stereocenters. The molecule has 0 saturated carbocycles. The van der Waals surface area contributed by atoms with Gasteiger partial charge in [0.2, 0.25) is 0 Å². The molecule has 0 spiro atoms. The zero-order valence-electron chi connectivity index (χ0n) is 10.7. The van der Waals surface area contributed by atoms with Crippen LogP contribution in [0.3, 0.4) is 0 Å². The summed E-state index contributed by atoms with van der Waals surface area (Å²) >= 11 is 0. The van der Waals surface area contributed by atoms with E-state index in [2.05, 4.69) is 37.3 Å². The summed E-state index contributed by atoms with van der Waals surface area (Å²) in [5.74, 6) is 0.568. The van der Waals surface area contributed by atoms with Gasteiger partial charge < -0.3 is 10.1 Å². The minimum atomic E-state index is 0.394. The molecular weight excluding hydrogens is 202 g/mol. The summed E-state index contributed by atoms with van der Waals surface area (Å²) in [6, 6.07) is 2.45. The van der Waals surface area contributed by atoms with E-state index in [-0.39, 0.29) is 0 Å². The highest BCUT2D eigenvalue weighted by Gasteiger charge is 2.12. The standard InChI is InChI=1S/C12H23N3O/c1-5-15-11(6-7-14-15)8-13-12(9-16-4)10(2)3/h6-7,10,12-13H,5,8-9H2,1-4H3. The Labute approximate surface area is 98.0 Å². The van der Waals surface area contributed by atoms with E-state index >= 15 is 0 Å². The molecule has 0 amide bonds. The van der Waals surface area contributed by atoms with Crippen molar-refractivity contribution in [1.29, 1.82) is 0 Å². The fraction of sp³-hybridized carbons (Fsp3) is 0.750. The van der Waals surface area contributed by atoms with Crippen LogP contribution in [0.4, 0.5) is 0 Å². The van der Waals surface area contributed by atoms with Gasteiger partial charge in [0.15, 0.2) is 0 Å². The number of aryl methyl sites for hydroxylation is 1. The Morgan fingerprint density at radius 2 is 2.25 bits per heavy atom. The van der Waals surface area contributed by atoms with E-state index < -0.39 is 0 Å². The molecule has 4 heteroatoms. The van der Waals surface area contributed by atoms with E-state index in [1.54, 1.807) is 7.11 Å². The first-order chi connectivity index (χ1) is 7.69. The first-order valence-corrected chi connectivity index (χ1v) is 5.92. The smallest absolute Gasteiger partial charge is 0.0618 e. The second-order valence-corrected chi connectivity index (χ2v) is 4.33. The van der Waals surface area contributed by atoms with Gasteiger partial charge in [-0.05, 0) is 18.9 Å². The van der Waals surface area contributed by atoms with Crippen molar-refractivity contribution in [2.45, 2.75) is 39.9 Å². The fourth-order valence-corrected chi connectivity index (χ4v) is 1.70. The summed E-state index contributed by atoms with van der Waals surface area (Å²) in [5, 5.41) is 7.76. The lowest BCUT2D eigenvalue weighted by Crippen LogP contribution is -2.37. The lowest BCUT2D eigenvalue weighted by atomic mass is 10.1. The Kier molecular flexibility index (Phi) is 5.49. The normalized spacial score (nSPS) is 13.3. The summed E-state index contributed by atoms with van der Waals surface area (Å²) in [4.78, 5) is 0. The topological polar surface area (TPSA) is 39.1 Å². The largest absolute Gasteiger partial charge is 0.383 e. The maximum absolute atomic E-state index is 5.21. The van der Waals surface area contributed by atoms with E-state index in [1.165, 1.54) is 5.69 Å². The van der Waals surface area contributed by atoms with E-state index in [0.29, 0.717) is 12.0 Å². The van der Waals surface area contributed by atoms with E-state index in [4.69, 9.17) is 4.74 Å². The first kappa shape index (κ1) is 13.2. The van der Waals surface area contributed by atoms with E-state index in [9.17, 15) is 0 Å². The van der Waals surface area contributed by atoms with Gasteiger partial charge in [0, 0.05) is 32.4 Å². The van der Waals surface area contributed by atoms with Gasteiger partial charge in [-0.25, -0.2) is 0 Å². The Balaban J connectivity index is 2.48. The van der Waals surface area contributed by atoms with Gasteiger partial charge in [-0.15, -0.1) is 0 Å². The highest BCUT2D eigenvalue weighted by Crippen LogP contribution is 2.04. The summed E-state index contributed by atoms with van der Waals surface area (Å²) in [6.07, 6.45) is 1.85. The third kappa shape index (κ3) is 3.61. The van der Waals surface area contributed by atoms with Crippen LogP contribution in [0.5, 0.6) is 0 Å². The second kappa shape index (κ2) is 6.66. The quantitative estimate of drug-likeness (QED) is 0.767. The van der Waals surface area contributed by atoms with Gasteiger partial charge in [0.1, 0.15) is 0 Å². The first-order valence-electron chi connectivity index (χ1n) is 5.92. The molecule has 1 atom stereocenters. The van der Waals surface area contributed by atoms with Crippen LogP contribution in [0.2, 0.25) is 0 Å². The summed E-state index contributed by atoms with van der Waals surface area (Å²) < 4.78 is 7.22. The SMILES string of the molecule is CCn1nccc1CNC(COC)C(C)C. The number of nitrogens with zero attached hydrogens (tertiary/aromatic N) is 2. The highest BCUT2D eigenvalue weighted by molar-refractivity contribution is 5.00. The average Bonchev–Trinajstić information content (AvgIpc) is 2.71. The molecule has 1 heterocycles. The molecular formula is C12H23N3O. The third-order valence-electron chi connectivity index (χ3n) is 2.80. The van der Waals surface area contributed by atoms with Gasteiger partial charge in [0.05, 0.1) is 12.3 Å². The third-order valence-corrected chi connectivity index (χ3v) is 2.80. The average molecular weight is 225 g/mol. The van der Waals surface area contributed by atoms with Crippen LogP contribution in [-0.2, 0) is 17.8 Å². The molecule has 0 aliphatic rings. The fourth-order valence-electron chi connectivity index (χ4n) is 1.70. The van der Waals surface area contributed by atoms with Crippen LogP contribution in [0.25, 0.3) is 0 Å². The van der Waals surface area contributed by atoms with Gasteiger partial charge in [-0.1, -0.05) is 13.8 Å². The lowest BCUT2D eigenvalue weighted by molar-refractivity contribution is 0.146. The number of hydrogen-bond acceptors (Lipinski definition) is 3. The molecule has 1 N–H and O–H groups in total. The monoisotopic (exact) mass is 225 g/mol. The van der Waals surface area contributed by atoms with Gasteiger partial charge in [-0.2, -0.15) is 5.10 Å². The van der Waals surface area contributed by atoms with Crippen molar-refractivity contribution in [3.63, 3.8) is 0 Å². The number of ether oxygens (including phenoxy) is 1. The van der Waals surface area contributed by atoms with Crippen molar-refractivity contribution in [1.82, 2.24) is 15.1 Å². The molecule has 0 bridgehead atoms. The Morgan fingerprint density at radius 3 is 2.81 bits per heavy atom. The summed E-state index contributed by atoms with van der Waals surface area (Å²) in [5.41, 5.74) is 1.23. The Morgan fingerprint density at radius 1 is 1.50 bits per heavy atom. The maximum Gasteiger partial charge on any atom is 0.0618 e. The van der Waals surface area contributed by atoms with Gasteiger partial charge >= 0.3 is 0 Å². The maximum atomic E-state index is 5.21. The van der Waals surface area contributed by atoms with Crippen LogP contribution in [0, 0.1) is 5.92 Å². The predicted octanol–water partition coefficient (Wildman–Crippen LogP) is 1.66. The number of nitrogens with one attached hydrogen (secondary N) is 1. The molecule has 0 aromatic carbocycles. The van der Waals surface area contributed by atoms with Crippen LogP contribution in [-0.4, -0.2) is 29.5 Å². The van der Waals surface area contributed by atoms with E-state index in [0.717, 1.165) is 19.7 Å². The molecule has 92 valence electrons. The number of methoxy groups -OCH3 is 1. The van der Waals surface area contributed by atoms with Crippen molar-refractivity contribution in [3.8, 4) is 0 Å². The summed E-state index contributed by atoms with van der Waals surface area (Å²) in [6.45, 7) is 9.02. The molecule has 0 aliphatic carbocycles. The Hall–Kier alpha value is -0.870. The van der Waals surface area contributed by atoms with Crippen LogP contribution >= 0.6 is 0 Å². The molecule has 0 aliphatic heterocycles. The number of hydrogen-bond donors (Lipinski definition) is 1. The molecule has 1 aromatic heterocycles. The molecule has 0 fully saturated rings. The van der Waals surface area contributed by atoms with Crippen molar-refractivity contribution < 1.29 is 4.74 Å². The van der Waals surface area contributed by atoms with Crippen LogP contribution < -0.4 is 5.32 Å². The van der Waals surface area contributed by atoms with Crippen molar-refractivity contribution in [2.75, 3.05) is 13.7 Å². The van der Waals surface area contributed by atoms with Gasteiger partial charge in [-0.3, -0.25) is 4.68 Å². The number of aromatic nitrogens is 2. The van der Waals surface area contributed by atoms with Crippen molar-refractivity contribution >= 4 is 0 Å². The summed E-state index contributed by atoms with van der Waals surface area (Å²) in [7, 11) is 1.74. The minimum absolute atomic E-state index is 0.394. The van der Waals surface area contributed by atoms with Crippen molar-refractivity contribution in [3.05, 3.63) is 18.0 Å². The predicted molar refractivity (Wildman–Crippen MR) is 65.2 cm³/mol.